The van der Waals surface area contributed by atoms with Crippen LogP contribution in [0.3, 0.4) is 0 Å². The number of rotatable bonds is 3. The monoisotopic (exact) mass is 441 g/mol. The van der Waals surface area contributed by atoms with E-state index in [0.29, 0.717) is 35.7 Å². The third-order valence-electron chi connectivity index (χ3n) is 5.62. The van der Waals surface area contributed by atoms with Crippen LogP contribution >= 0.6 is 0 Å². The number of hydrogen-bond acceptors (Lipinski definition) is 7. The molecule has 0 aliphatic carbocycles. The van der Waals surface area contributed by atoms with E-state index in [1.807, 2.05) is 0 Å². The van der Waals surface area contributed by atoms with Crippen molar-refractivity contribution in [2.75, 3.05) is 44.4 Å². The van der Waals surface area contributed by atoms with E-state index in [2.05, 4.69) is 6.07 Å². The Morgan fingerprint density at radius 1 is 0.968 bits per heavy atom. The molecule has 2 aromatic carbocycles. The number of carbonyl (C=O) groups is 1. The number of nitriles is 1. The number of amides is 1. The standard InChI is InChI=1S/C21H19N3O6S/c22-14-15-3-1-2-4-18(15)24-19-6-5-16(31(26,27)23-7-9-28-10-8-23)13-17(19)21(20(24)25)29-11-12-30-21/h1-6,13H,7-12H2. The predicted molar refractivity (Wildman–Crippen MR) is 108 cm³/mol. The van der Waals surface area contributed by atoms with E-state index in [1.54, 1.807) is 30.3 Å². The molecule has 3 aliphatic heterocycles. The summed E-state index contributed by atoms with van der Waals surface area (Å²) in [6.45, 7) is 1.57. The van der Waals surface area contributed by atoms with Gasteiger partial charge in [0, 0.05) is 18.7 Å². The minimum absolute atomic E-state index is 0.0508. The van der Waals surface area contributed by atoms with E-state index in [-0.39, 0.29) is 31.2 Å². The summed E-state index contributed by atoms with van der Waals surface area (Å²) in [5, 5.41) is 9.52. The van der Waals surface area contributed by atoms with Crippen molar-refractivity contribution in [1.82, 2.24) is 4.31 Å². The molecule has 2 fully saturated rings. The lowest BCUT2D eigenvalue weighted by atomic mass is 10.1. The molecule has 0 bridgehead atoms. The van der Waals surface area contributed by atoms with Crippen LogP contribution in [0.25, 0.3) is 0 Å². The maximum atomic E-state index is 13.5. The van der Waals surface area contributed by atoms with E-state index in [0.717, 1.165) is 0 Å². The topological polar surface area (TPSA) is 109 Å². The molecule has 0 aromatic heterocycles. The van der Waals surface area contributed by atoms with Crippen LogP contribution in [-0.2, 0) is 34.8 Å². The number of morpholine rings is 1. The van der Waals surface area contributed by atoms with Gasteiger partial charge in [-0.1, -0.05) is 12.1 Å². The third kappa shape index (κ3) is 2.97. The van der Waals surface area contributed by atoms with Crippen molar-refractivity contribution in [2.24, 2.45) is 0 Å². The van der Waals surface area contributed by atoms with Gasteiger partial charge in [-0.3, -0.25) is 9.69 Å². The molecule has 0 radical (unpaired) electrons. The van der Waals surface area contributed by atoms with E-state index in [4.69, 9.17) is 14.2 Å². The molecular weight excluding hydrogens is 422 g/mol. The minimum atomic E-state index is -3.78. The average molecular weight is 441 g/mol. The number of nitrogens with zero attached hydrogens (tertiary/aromatic N) is 3. The number of anilines is 2. The van der Waals surface area contributed by atoms with Gasteiger partial charge in [-0.2, -0.15) is 9.57 Å². The summed E-state index contributed by atoms with van der Waals surface area (Å²) in [6.07, 6.45) is 0. The van der Waals surface area contributed by atoms with Crippen LogP contribution < -0.4 is 4.90 Å². The first-order valence-corrected chi connectivity index (χ1v) is 11.3. The molecule has 3 aliphatic rings. The first-order valence-electron chi connectivity index (χ1n) is 9.83. The molecule has 2 aromatic rings. The van der Waals surface area contributed by atoms with Gasteiger partial charge in [-0.25, -0.2) is 8.42 Å². The third-order valence-corrected chi connectivity index (χ3v) is 7.51. The predicted octanol–water partition coefficient (Wildman–Crippen LogP) is 1.46. The summed E-state index contributed by atoms with van der Waals surface area (Å²) in [7, 11) is -3.78. The van der Waals surface area contributed by atoms with Crippen LogP contribution in [0.5, 0.6) is 0 Å². The molecule has 1 spiro atoms. The molecule has 160 valence electrons. The molecule has 0 saturated carbocycles. The smallest absolute Gasteiger partial charge is 0.297 e. The van der Waals surface area contributed by atoms with Crippen molar-refractivity contribution in [3.8, 4) is 6.07 Å². The summed E-state index contributed by atoms with van der Waals surface area (Å²) >= 11 is 0. The molecule has 2 saturated heterocycles. The first-order chi connectivity index (χ1) is 15.0. The summed E-state index contributed by atoms with van der Waals surface area (Å²) in [4.78, 5) is 14.9. The van der Waals surface area contributed by atoms with Crippen molar-refractivity contribution in [1.29, 1.82) is 5.26 Å². The maximum absolute atomic E-state index is 13.5. The number of sulfonamides is 1. The molecule has 5 rings (SSSR count). The zero-order valence-corrected chi connectivity index (χ0v) is 17.3. The fourth-order valence-electron chi connectivity index (χ4n) is 4.14. The normalized spacial score (nSPS) is 20.7. The van der Waals surface area contributed by atoms with Gasteiger partial charge in [0.25, 0.3) is 11.7 Å². The Kier molecular flexibility index (Phi) is 4.80. The molecule has 0 atom stereocenters. The Labute approximate surface area is 179 Å². The largest absolute Gasteiger partial charge is 0.379 e. The van der Waals surface area contributed by atoms with E-state index >= 15 is 0 Å². The Morgan fingerprint density at radius 3 is 2.39 bits per heavy atom. The summed E-state index contributed by atoms with van der Waals surface area (Å²) in [5.41, 5.74) is 1.44. The number of benzene rings is 2. The summed E-state index contributed by atoms with van der Waals surface area (Å²) < 4.78 is 44.5. The van der Waals surface area contributed by atoms with Gasteiger partial charge in [-0.05, 0) is 30.3 Å². The zero-order valence-electron chi connectivity index (χ0n) is 16.5. The van der Waals surface area contributed by atoms with Gasteiger partial charge in [0.2, 0.25) is 10.0 Å². The molecule has 10 heteroatoms. The Balaban J connectivity index is 1.66. The van der Waals surface area contributed by atoms with Crippen molar-refractivity contribution in [3.05, 3.63) is 53.6 Å². The number of para-hydroxylation sites is 1. The number of hydrogen-bond donors (Lipinski definition) is 0. The van der Waals surface area contributed by atoms with E-state index in [1.165, 1.54) is 21.3 Å². The molecular formula is C21H19N3O6S. The fraction of sp³-hybridized carbons (Fsp3) is 0.333. The number of ether oxygens (including phenoxy) is 3. The second kappa shape index (κ2) is 7.40. The quantitative estimate of drug-likeness (QED) is 0.709. The Morgan fingerprint density at radius 2 is 1.68 bits per heavy atom. The summed E-state index contributed by atoms with van der Waals surface area (Å²) in [6, 6.07) is 13.3. The van der Waals surface area contributed by atoms with Crippen molar-refractivity contribution < 1.29 is 27.4 Å². The van der Waals surface area contributed by atoms with Gasteiger partial charge < -0.3 is 14.2 Å². The van der Waals surface area contributed by atoms with Gasteiger partial charge in [0.1, 0.15) is 6.07 Å². The molecule has 0 N–H and O–H groups in total. The first kappa shape index (κ1) is 20.1. The maximum Gasteiger partial charge on any atom is 0.297 e. The average Bonchev–Trinajstić information content (AvgIpc) is 3.39. The molecule has 0 unspecified atom stereocenters. The molecule has 9 nitrogen and oxygen atoms in total. The Hall–Kier alpha value is -2.81. The van der Waals surface area contributed by atoms with Crippen LogP contribution in [0, 0.1) is 11.3 Å². The lowest BCUT2D eigenvalue weighted by molar-refractivity contribution is -0.180. The van der Waals surface area contributed by atoms with Crippen LogP contribution in [0.4, 0.5) is 11.4 Å². The van der Waals surface area contributed by atoms with Crippen molar-refractivity contribution in [2.45, 2.75) is 10.7 Å². The van der Waals surface area contributed by atoms with Crippen LogP contribution in [0.1, 0.15) is 11.1 Å². The fourth-order valence-corrected chi connectivity index (χ4v) is 5.57. The molecule has 1 amide bonds. The highest BCUT2D eigenvalue weighted by Gasteiger charge is 2.57. The van der Waals surface area contributed by atoms with Gasteiger partial charge in [0.15, 0.2) is 0 Å². The second-order valence-corrected chi connectivity index (χ2v) is 9.22. The molecule has 31 heavy (non-hydrogen) atoms. The molecule has 3 heterocycles. The number of carbonyl (C=O) groups excluding carboxylic acids is 1. The zero-order chi connectivity index (χ0) is 21.6. The van der Waals surface area contributed by atoms with Crippen LogP contribution in [-0.4, -0.2) is 58.1 Å². The highest BCUT2D eigenvalue weighted by molar-refractivity contribution is 7.89. The van der Waals surface area contributed by atoms with Crippen LogP contribution in [0.2, 0.25) is 0 Å². The van der Waals surface area contributed by atoms with Crippen molar-refractivity contribution >= 4 is 27.3 Å². The van der Waals surface area contributed by atoms with Gasteiger partial charge in [0.05, 0.1) is 48.3 Å². The lowest BCUT2D eigenvalue weighted by Gasteiger charge is -2.26. The minimum Gasteiger partial charge on any atom is -0.379 e. The Bertz CT molecular complexity index is 1190. The van der Waals surface area contributed by atoms with E-state index < -0.39 is 21.7 Å². The van der Waals surface area contributed by atoms with E-state index in [9.17, 15) is 18.5 Å². The second-order valence-electron chi connectivity index (χ2n) is 7.28. The number of fused-ring (bicyclic) bond motifs is 2. The highest BCUT2D eigenvalue weighted by atomic mass is 32.2. The van der Waals surface area contributed by atoms with Crippen LogP contribution in [0.15, 0.2) is 47.4 Å². The highest BCUT2D eigenvalue weighted by Crippen LogP contribution is 2.50. The van der Waals surface area contributed by atoms with Gasteiger partial charge in [-0.15, -0.1) is 0 Å². The van der Waals surface area contributed by atoms with Gasteiger partial charge >= 0.3 is 0 Å². The van der Waals surface area contributed by atoms with Crippen molar-refractivity contribution in [3.63, 3.8) is 0 Å². The SMILES string of the molecule is N#Cc1ccccc1N1C(=O)C2(OCCO2)c2cc(S(=O)(=O)N3CCOCC3)ccc21. The summed E-state index contributed by atoms with van der Waals surface area (Å²) in [5.74, 6) is -2.24. The lowest BCUT2D eigenvalue weighted by Crippen LogP contribution is -2.41.